The number of benzene rings is 1. The molecule has 2 heterocycles. The highest BCUT2D eigenvalue weighted by Crippen LogP contribution is 2.30. The molecule has 2 aliphatic rings. The zero-order valence-electron chi connectivity index (χ0n) is 13.6. The molecule has 1 saturated heterocycles. The summed E-state index contributed by atoms with van der Waals surface area (Å²) in [5.41, 5.74) is 2.22. The van der Waals surface area contributed by atoms with Gasteiger partial charge in [-0.1, -0.05) is 28.9 Å². The number of rotatable bonds is 6. The fourth-order valence-corrected chi connectivity index (χ4v) is 3.24. The first-order chi connectivity index (χ1) is 11.3. The van der Waals surface area contributed by atoms with Crippen molar-refractivity contribution in [3.05, 3.63) is 35.7 Å². The molecule has 1 unspecified atom stereocenters. The van der Waals surface area contributed by atoms with Crippen molar-refractivity contribution in [2.24, 2.45) is 5.92 Å². The molecule has 4 rings (SSSR count). The first kappa shape index (κ1) is 14.8. The van der Waals surface area contributed by atoms with Gasteiger partial charge in [0.15, 0.2) is 0 Å². The molecule has 0 radical (unpaired) electrons. The van der Waals surface area contributed by atoms with E-state index in [1.54, 1.807) is 0 Å². The Bertz CT molecular complexity index is 660. The Kier molecular flexibility index (Phi) is 4.14. The second-order valence-electron chi connectivity index (χ2n) is 6.77. The summed E-state index contributed by atoms with van der Waals surface area (Å²) in [5.74, 6) is 2.05. The number of hydrogen-bond donors (Lipinski definition) is 0. The molecule has 122 valence electrons. The second kappa shape index (κ2) is 6.42. The minimum absolute atomic E-state index is 0.648. The van der Waals surface area contributed by atoms with Crippen LogP contribution < -0.4 is 0 Å². The molecule has 1 atom stereocenters. The van der Waals surface area contributed by atoms with Crippen molar-refractivity contribution < 1.29 is 9.26 Å². The van der Waals surface area contributed by atoms with E-state index in [1.807, 2.05) is 12.1 Å². The van der Waals surface area contributed by atoms with Crippen molar-refractivity contribution in [1.29, 1.82) is 0 Å². The van der Waals surface area contributed by atoms with Gasteiger partial charge in [0.2, 0.25) is 11.7 Å². The summed E-state index contributed by atoms with van der Waals surface area (Å²) in [4.78, 5) is 7.09. The number of aromatic nitrogens is 2. The Morgan fingerprint density at radius 2 is 2.17 bits per heavy atom. The summed E-state index contributed by atoms with van der Waals surface area (Å²) in [7, 11) is 0. The smallest absolute Gasteiger partial charge is 0.241 e. The third-order valence-corrected chi connectivity index (χ3v) is 4.66. The largest absolute Gasteiger partial charge is 0.381 e. The van der Waals surface area contributed by atoms with Gasteiger partial charge in [-0.3, -0.25) is 4.90 Å². The van der Waals surface area contributed by atoms with Crippen LogP contribution in [0.3, 0.4) is 0 Å². The first-order valence-corrected chi connectivity index (χ1v) is 8.49. The SMILES string of the molecule is Cc1cccc(-c2noc(CN(CC3CCOC3)C3CC3)n2)c1. The fraction of sp³-hybridized carbons (Fsp3) is 0.556. The highest BCUT2D eigenvalue weighted by Gasteiger charge is 2.32. The summed E-state index contributed by atoms with van der Waals surface area (Å²) in [5, 5.41) is 4.15. The monoisotopic (exact) mass is 313 g/mol. The lowest BCUT2D eigenvalue weighted by Gasteiger charge is -2.22. The molecule has 0 N–H and O–H groups in total. The van der Waals surface area contributed by atoms with Crippen LogP contribution in [0.15, 0.2) is 28.8 Å². The van der Waals surface area contributed by atoms with Crippen LogP contribution >= 0.6 is 0 Å². The molecule has 2 aromatic rings. The summed E-state index contributed by atoms with van der Waals surface area (Å²) >= 11 is 0. The van der Waals surface area contributed by atoms with E-state index in [-0.39, 0.29) is 0 Å². The molecule has 1 aliphatic carbocycles. The second-order valence-corrected chi connectivity index (χ2v) is 6.77. The average molecular weight is 313 g/mol. The van der Waals surface area contributed by atoms with E-state index in [0.29, 0.717) is 23.7 Å². The Balaban J connectivity index is 1.45. The number of hydrogen-bond acceptors (Lipinski definition) is 5. The minimum atomic E-state index is 0.648. The molecule has 2 fully saturated rings. The van der Waals surface area contributed by atoms with Crippen molar-refractivity contribution in [2.45, 2.75) is 38.8 Å². The number of ether oxygens (including phenoxy) is 1. The van der Waals surface area contributed by atoms with E-state index in [2.05, 4.69) is 34.1 Å². The van der Waals surface area contributed by atoms with Crippen LogP contribution in [0.2, 0.25) is 0 Å². The lowest BCUT2D eigenvalue weighted by molar-refractivity contribution is 0.153. The lowest BCUT2D eigenvalue weighted by Crippen LogP contribution is -2.31. The molecule has 1 saturated carbocycles. The molecular weight excluding hydrogens is 290 g/mol. The molecule has 1 aliphatic heterocycles. The van der Waals surface area contributed by atoms with E-state index in [1.165, 1.54) is 24.8 Å². The van der Waals surface area contributed by atoms with Gasteiger partial charge in [-0.2, -0.15) is 4.98 Å². The predicted molar refractivity (Wildman–Crippen MR) is 86.8 cm³/mol. The molecule has 1 aromatic carbocycles. The molecule has 5 nitrogen and oxygen atoms in total. The molecule has 1 aromatic heterocycles. The van der Waals surface area contributed by atoms with E-state index in [4.69, 9.17) is 9.26 Å². The molecule has 0 bridgehead atoms. The minimum Gasteiger partial charge on any atom is -0.381 e. The fourth-order valence-electron chi connectivity index (χ4n) is 3.24. The summed E-state index contributed by atoms with van der Waals surface area (Å²) in [6.45, 7) is 5.69. The summed E-state index contributed by atoms with van der Waals surface area (Å²) < 4.78 is 11.0. The maximum absolute atomic E-state index is 5.50. The van der Waals surface area contributed by atoms with Gasteiger partial charge in [-0.05, 0) is 38.2 Å². The topological polar surface area (TPSA) is 51.4 Å². The summed E-state index contributed by atoms with van der Waals surface area (Å²) in [6.07, 6.45) is 3.74. The van der Waals surface area contributed by atoms with Crippen molar-refractivity contribution in [3.8, 4) is 11.4 Å². The molecule has 23 heavy (non-hydrogen) atoms. The van der Waals surface area contributed by atoms with Crippen LogP contribution in [0.1, 0.15) is 30.7 Å². The van der Waals surface area contributed by atoms with Gasteiger partial charge in [0.05, 0.1) is 13.2 Å². The van der Waals surface area contributed by atoms with Crippen LogP contribution in [-0.2, 0) is 11.3 Å². The molecule has 0 spiro atoms. The van der Waals surface area contributed by atoms with Crippen molar-refractivity contribution in [3.63, 3.8) is 0 Å². The van der Waals surface area contributed by atoms with Gasteiger partial charge in [-0.25, -0.2) is 0 Å². The van der Waals surface area contributed by atoms with Crippen molar-refractivity contribution in [1.82, 2.24) is 15.0 Å². The summed E-state index contributed by atoms with van der Waals surface area (Å²) in [6, 6.07) is 8.89. The van der Waals surface area contributed by atoms with Gasteiger partial charge >= 0.3 is 0 Å². The lowest BCUT2D eigenvalue weighted by atomic mass is 10.1. The quantitative estimate of drug-likeness (QED) is 0.820. The van der Waals surface area contributed by atoms with Gasteiger partial charge in [0.1, 0.15) is 0 Å². The Morgan fingerprint density at radius 3 is 2.91 bits per heavy atom. The molecular formula is C18H23N3O2. The van der Waals surface area contributed by atoms with Gasteiger partial charge in [-0.15, -0.1) is 0 Å². The highest BCUT2D eigenvalue weighted by atomic mass is 16.5. The number of aryl methyl sites for hydroxylation is 1. The van der Waals surface area contributed by atoms with E-state index < -0.39 is 0 Å². The molecule has 5 heteroatoms. The zero-order chi connectivity index (χ0) is 15.6. The third-order valence-electron chi connectivity index (χ3n) is 4.66. The highest BCUT2D eigenvalue weighted by molar-refractivity contribution is 5.55. The van der Waals surface area contributed by atoms with Crippen molar-refractivity contribution >= 4 is 0 Å². The maximum Gasteiger partial charge on any atom is 0.241 e. The van der Waals surface area contributed by atoms with Crippen LogP contribution in [0.5, 0.6) is 0 Å². The van der Waals surface area contributed by atoms with E-state index in [0.717, 1.165) is 31.9 Å². The molecule has 0 amide bonds. The standard InChI is InChI=1S/C18H23N3O2/c1-13-3-2-4-15(9-13)18-19-17(23-20-18)11-21(16-5-6-16)10-14-7-8-22-12-14/h2-4,9,14,16H,5-8,10-12H2,1H3. The predicted octanol–water partition coefficient (Wildman–Crippen LogP) is 3.05. The van der Waals surface area contributed by atoms with E-state index >= 15 is 0 Å². The van der Waals surface area contributed by atoms with Gasteiger partial charge in [0.25, 0.3) is 0 Å². The van der Waals surface area contributed by atoms with E-state index in [9.17, 15) is 0 Å². The third kappa shape index (κ3) is 3.62. The average Bonchev–Trinajstić information content (AvgIpc) is 3.07. The van der Waals surface area contributed by atoms with Crippen molar-refractivity contribution in [2.75, 3.05) is 19.8 Å². The normalized spacial score (nSPS) is 21.2. The van der Waals surface area contributed by atoms with Crippen LogP contribution in [-0.4, -0.2) is 40.8 Å². The number of nitrogens with zero attached hydrogens (tertiary/aromatic N) is 3. The Hall–Kier alpha value is -1.72. The van der Waals surface area contributed by atoms with Gasteiger partial charge in [0, 0.05) is 24.8 Å². The first-order valence-electron chi connectivity index (χ1n) is 8.49. The Labute approximate surface area is 136 Å². The zero-order valence-corrected chi connectivity index (χ0v) is 13.6. The van der Waals surface area contributed by atoms with Crippen LogP contribution in [0.25, 0.3) is 11.4 Å². The van der Waals surface area contributed by atoms with Gasteiger partial charge < -0.3 is 9.26 Å². The van der Waals surface area contributed by atoms with Crippen LogP contribution in [0.4, 0.5) is 0 Å². The van der Waals surface area contributed by atoms with Crippen LogP contribution in [0, 0.1) is 12.8 Å². The Morgan fingerprint density at radius 1 is 1.26 bits per heavy atom. The maximum atomic E-state index is 5.50.